The lowest BCUT2D eigenvalue weighted by Gasteiger charge is -2.04. The number of thioether (sulfide) groups is 1. The summed E-state index contributed by atoms with van der Waals surface area (Å²) in [5.41, 5.74) is 1.95. The number of aromatic amines is 1. The van der Waals surface area contributed by atoms with Gasteiger partial charge in [0, 0.05) is 16.2 Å². The summed E-state index contributed by atoms with van der Waals surface area (Å²) in [5.74, 6) is -0.878. The summed E-state index contributed by atoms with van der Waals surface area (Å²) < 4.78 is 18.6. The van der Waals surface area contributed by atoms with Gasteiger partial charge in [0.2, 0.25) is 0 Å². The molecule has 0 aliphatic carbocycles. The minimum atomic E-state index is -0.478. The van der Waals surface area contributed by atoms with Crippen LogP contribution in [-0.4, -0.2) is 29.1 Å². The van der Waals surface area contributed by atoms with Crippen LogP contribution >= 0.6 is 11.8 Å². The standard InChI is InChI=1S/C17H18FNO3S/c1-4-22-17(21)16-10(2)15(11(3)19-16)13(20)9-23-14-8-6-5-7-12(14)18/h5-8,19H,4,9H2,1-3H3. The number of rotatable bonds is 6. The third-order valence-electron chi connectivity index (χ3n) is 3.39. The highest BCUT2D eigenvalue weighted by molar-refractivity contribution is 8.00. The monoisotopic (exact) mass is 335 g/mol. The highest BCUT2D eigenvalue weighted by Crippen LogP contribution is 2.25. The normalized spacial score (nSPS) is 10.6. The van der Waals surface area contributed by atoms with E-state index >= 15 is 0 Å². The van der Waals surface area contributed by atoms with E-state index in [1.165, 1.54) is 6.07 Å². The Hall–Kier alpha value is -2.08. The lowest BCUT2D eigenvalue weighted by molar-refractivity contribution is 0.0519. The van der Waals surface area contributed by atoms with Gasteiger partial charge < -0.3 is 9.72 Å². The Labute approximate surface area is 138 Å². The van der Waals surface area contributed by atoms with E-state index < -0.39 is 5.97 Å². The van der Waals surface area contributed by atoms with Crippen LogP contribution in [0.2, 0.25) is 0 Å². The number of nitrogens with one attached hydrogen (secondary N) is 1. The minimum absolute atomic E-state index is 0.0999. The number of aryl methyl sites for hydroxylation is 1. The van der Waals surface area contributed by atoms with Crippen molar-refractivity contribution in [1.29, 1.82) is 0 Å². The van der Waals surface area contributed by atoms with E-state index in [-0.39, 0.29) is 24.0 Å². The van der Waals surface area contributed by atoms with Crippen molar-refractivity contribution in [2.45, 2.75) is 25.7 Å². The largest absolute Gasteiger partial charge is 0.461 e. The van der Waals surface area contributed by atoms with Crippen LogP contribution in [0.3, 0.4) is 0 Å². The lowest BCUT2D eigenvalue weighted by Crippen LogP contribution is -2.08. The molecular formula is C17H18FNO3S. The van der Waals surface area contributed by atoms with Crippen LogP contribution < -0.4 is 0 Å². The lowest BCUT2D eigenvalue weighted by atomic mass is 10.1. The second kappa shape index (κ2) is 7.46. The Morgan fingerprint density at radius 1 is 1.26 bits per heavy atom. The number of carbonyl (C=O) groups excluding carboxylic acids is 2. The van der Waals surface area contributed by atoms with E-state index in [0.29, 0.717) is 27.4 Å². The first-order chi connectivity index (χ1) is 11.0. The van der Waals surface area contributed by atoms with Gasteiger partial charge in [-0.05, 0) is 38.5 Å². The maximum absolute atomic E-state index is 13.6. The highest BCUT2D eigenvalue weighted by Gasteiger charge is 2.22. The molecule has 0 unspecified atom stereocenters. The summed E-state index contributed by atoms with van der Waals surface area (Å²) in [6.45, 7) is 5.43. The van der Waals surface area contributed by atoms with Crippen LogP contribution in [0.5, 0.6) is 0 Å². The first-order valence-corrected chi connectivity index (χ1v) is 8.21. The molecule has 6 heteroatoms. The Morgan fingerprint density at radius 3 is 2.61 bits per heavy atom. The molecule has 1 N–H and O–H groups in total. The third kappa shape index (κ3) is 3.82. The van der Waals surface area contributed by atoms with E-state index in [9.17, 15) is 14.0 Å². The van der Waals surface area contributed by atoms with Gasteiger partial charge in [-0.1, -0.05) is 12.1 Å². The Bertz CT molecular complexity index is 739. The van der Waals surface area contributed by atoms with Gasteiger partial charge in [-0.25, -0.2) is 9.18 Å². The molecule has 0 saturated carbocycles. The van der Waals surface area contributed by atoms with Gasteiger partial charge in [0.05, 0.1) is 12.4 Å². The fourth-order valence-corrected chi connectivity index (χ4v) is 3.16. The van der Waals surface area contributed by atoms with Crippen molar-refractivity contribution in [2.24, 2.45) is 0 Å². The molecular weight excluding hydrogens is 317 g/mol. The molecule has 2 aromatic rings. The summed E-state index contributed by atoms with van der Waals surface area (Å²) in [5, 5.41) is 0. The Morgan fingerprint density at radius 2 is 1.96 bits per heavy atom. The van der Waals surface area contributed by atoms with Crippen molar-refractivity contribution in [3.05, 3.63) is 52.6 Å². The molecule has 0 amide bonds. The van der Waals surface area contributed by atoms with Gasteiger partial charge in [0.25, 0.3) is 0 Å². The van der Waals surface area contributed by atoms with Gasteiger partial charge in [0.1, 0.15) is 11.5 Å². The molecule has 23 heavy (non-hydrogen) atoms. The third-order valence-corrected chi connectivity index (χ3v) is 4.44. The number of carbonyl (C=O) groups is 2. The summed E-state index contributed by atoms with van der Waals surface area (Å²) in [4.78, 5) is 27.6. The van der Waals surface area contributed by atoms with Gasteiger partial charge in [-0.2, -0.15) is 0 Å². The smallest absolute Gasteiger partial charge is 0.355 e. The van der Waals surface area contributed by atoms with E-state index in [2.05, 4.69) is 4.98 Å². The number of ether oxygens (including phenoxy) is 1. The highest BCUT2D eigenvalue weighted by atomic mass is 32.2. The topological polar surface area (TPSA) is 59.2 Å². The van der Waals surface area contributed by atoms with Crippen molar-refractivity contribution >= 4 is 23.5 Å². The molecule has 0 fully saturated rings. The van der Waals surface area contributed by atoms with Crippen LogP contribution in [0, 0.1) is 19.7 Å². The van der Waals surface area contributed by atoms with Gasteiger partial charge in [-0.15, -0.1) is 11.8 Å². The van der Waals surface area contributed by atoms with Crippen LogP contribution in [-0.2, 0) is 4.74 Å². The number of ketones is 1. The number of H-pyrrole nitrogens is 1. The van der Waals surface area contributed by atoms with E-state index in [0.717, 1.165) is 11.8 Å². The second-order valence-electron chi connectivity index (χ2n) is 4.99. The summed E-state index contributed by atoms with van der Waals surface area (Å²) in [6.07, 6.45) is 0. The zero-order chi connectivity index (χ0) is 17.0. The van der Waals surface area contributed by atoms with Crippen molar-refractivity contribution in [2.75, 3.05) is 12.4 Å². The number of hydrogen-bond donors (Lipinski definition) is 1. The summed E-state index contributed by atoms with van der Waals surface area (Å²) in [6, 6.07) is 6.32. The van der Waals surface area contributed by atoms with Crippen molar-refractivity contribution in [1.82, 2.24) is 4.98 Å². The Balaban J connectivity index is 2.17. The molecule has 1 aromatic carbocycles. The zero-order valence-corrected chi connectivity index (χ0v) is 14.1. The predicted molar refractivity (Wildman–Crippen MR) is 87.7 cm³/mol. The quantitative estimate of drug-likeness (QED) is 0.494. The molecule has 0 aliphatic heterocycles. The van der Waals surface area contributed by atoms with Gasteiger partial charge in [0.15, 0.2) is 5.78 Å². The van der Waals surface area contributed by atoms with E-state index in [1.807, 2.05) is 0 Å². The van der Waals surface area contributed by atoms with Crippen molar-refractivity contribution in [3.8, 4) is 0 Å². The molecule has 0 spiro atoms. The second-order valence-corrected chi connectivity index (χ2v) is 6.00. The molecule has 4 nitrogen and oxygen atoms in total. The molecule has 0 saturated heterocycles. The fourth-order valence-electron chi connectivity index (χ4n) is 2.35. The summed E-state index contributed by atoms with van der Waals surface area (Å²) in [7, 11) is 0. The molecule has 0 aliphatic rings. The fraction of sp³-hybridized carbons (Fsp3) is 0.294. The van der Waals surface area contributed by atoms with Crippen LogP contribution in [0.25, 0.3) is 0 Å². The van der Waals surface area contributed by atoms with E-state index in [1.54, 1.807) is 39.0 Å². The predicted octanol–water partition coefficient (Wildman–Crippen LogP) is 3.92. The number of benzene rings is 1. The van der Waals surface area contributed by atoms with Crippen molar-refractivity contribution < 1.29 is 18.7 Å². The minimum Gasteiger partial charge on any atom is -0.461 e. The number of hydrogen-bond acceptors (Lipinski definition) is 4. The maximum Gasteiger partial charge on any atom is 0.355 e. The zero-order valence-electron chi connectivity index (χ0n) is 13.2. The van der Waals surface area contributed by atoms with Gasteiger partial charge >= 0.3 is 5.97 Å². The van der Waals surface area contributed by atoms with Crippen LogP contribution in [0.1, 0.15) is 39.0 Å². The van der Waals surface area contributed by atoms with Gasteiger partial charge in [-0.3, -0.25) is 4.79 Å². The van der Waals surface area contributed by atoms with Crippen LogP contribution in [0.4, 0.5) is 4.39 Å². The number of Topliss-reactive ketones (excluding diaryl/α,β-unsaturated/α-hetero) is 1. The molecule has 1 aromatic heterocycles. The molecule has 0 radical (unpaired) electrons. The summed E-state index contributed by atoms with van der Waals surface area (Å²) >= 11 is 1.14. The average Bonchev–Trinajstić information content (AvgIpc) is 2.81. The average molecular weight is 335 g/mol. The molecule has 2 rings (SSSR count). The number of aromatic nitrogens is 1. The maximum atomic E-state index is 13.6. The molecule has 122 valence electrons. The number of halogens is 1. The molecule has 0 atom stereocenters. The first kappa shape index (κ1) is 17.3. The van der Waals surface area contributed by atoms with Crippen molar-refractivity contribution in [3.63, 3.8) is 0 Å². The molecule has 1 heterocycles. The molecule has 0 bridgehead atoms. The first-order valence-electron chi connectivity index (χ1n) is 7.22. The van der Waals surface area contributed by atoms with E-state index in [4.69, 9.17) is 4.74 Å². The SMILES string of the molecule is CCOC(=O)c1[nH]c(C)c(C(=O)CSc2ccccc2F)c1C. The Kier molecular flexibility index (Phi) is 5.60. The number of esters is 1. The van der Waals surface area contributed by atoms with Crippen LogP contribution in [0.15, 0.2) is 29.2 Å².